The second-order valence-corrected chi connectivity index (χ2v) is 7.95. The van der Waals surface area contributed by atoms with Gasteiger partial charge in [-0.2, -0.15) is 0 Å². The summed E-state index contributed by atoms with van der Waals surface area (Å²) < 4.78 is 18.1. The third-order valence-electron chi connectivity index (χ3n) is 6.98. The second-order valence-electron chi connectivity index (χ2n) is 7.95. The Hall–Kier alpha value is -1.46. The molecule has 0 aromatic rings. The molecule has 3 fully saturated rings. The van der Waals surface area contributed by atoms with Crippen LogP contribution in [0.3, 0.4) is 0 Å². The predicted molar refractivity (Wildman–Crippen MR) is 86.3 cm³/mol. The first kappa shape index (κ1) is 16.0. The van der Waals surface area contributed by atoms with Gasteiger partial charge in [0.15, 0.2) is 5.78 Å². The van der Waals surface area contributed by atoms with Gasteiger partial charge in [0.05, 0.1) is 18.8 Å². The lowest BCUT2D eigenvalue weighted by Crippen LogP contribution is -2.64. The van der Waals surface area contributed by atoms with Gasteiger partial charge in [-0.15, -0.1) is 0 Å². The topological polar surface area (TPSA) is 65.1 Å². The molecule has 2 bridgehead atoms. The first-order valence-electron chi connectivity index (χ1n) is 8.63. The van der Waals surface area contributed by atoms with Crippen molar-refractivity contribution < 1.29 is 23.8 Å². The zero-order valence-electron chi connectivity index (χ0n) is 14.6. The summed E-state index contributed by atoms with van der Waals surface area (Å²) in [6, 6.07) is 0. The van der Waals surface area contributed by atoms with Gasteiger partial charge in [0.1, 0.15) is 11.7 Å². The normalized spacial score (nSPS) is 49.2. The molecule has 2 heterocycles. The summed E-state index contributed by atoms with van der Waals surface area (Å²) in [5, 5.41) is 0. The molecule has 1 spiro atoms. The van der Waals surface area contributed by atoms with Gasteiger partial charge in [0.25, 0.3) is 0 Å². The molecule has 0 N–H and O–H groups in total. The summed E-state index contributed by atoms with van der Waals surface area (Å²) in [6.07, 6.45) is 5.51. The predicted octanol–water partition coefficient (Wildman–Crippen LogP) is 2.35. The molecule has 130 valence electrons. The minimum Gasteiger partial charge on any atom is -0.458 e. The summed E-state index contributed by atoms with van der Waals surface area (Å²) in [5.74, 6) is -0.209. The number of Topliss-reactive ketones (excluding diaryl/α,β-unsaturated/α-hetero) is 1. The smallest absolute Gasteiger partial charge is 0.330 e. The number of carbonyl (C=O) groups excluding carboxylic acids is 2. The Morgan fingerprint density at radius 3 is 2.75 bits per heavy atom. The molecule has 0 aromatic heterocycles. The molecule has 0 aromatic carbocycles. The molecule has 5 heteroatoms. The molecular formula is C19H24O5. The van der Waals surface area contributed by atoms with Crippen LogP contribution in [0.5, 0.6) is 0 Å². The molecular weight excluding hydrogens is 308 g/mol. The van der Waals surface area contributed by atoms with Crippen molar-refractivity contribution in [3.05, 3.63) is 23.8 Å². The number of rotatable bonds is 2. The Balaban J connectivity index is 1.78. The van der Waals surface area contributed by atoms with Crippen molar-refractivity contribution in [1.29, 1.82) is 0 Å². The van der Waals surface area contributed by atoms with Gasteiger partial charge in [-0.25, -0.2) is 4.79 Å². The number of fused-ring (bicyclic) bond motifs is 2. The van der Waals surface area contributed by atoms with Crippen molar-refractivity contribution in [3.8, 4) is 0 Å². The molecule has 24 heavy (non-hydrogen) atoms. The SMILES string of the molecule is C/C=C\C(=O)O[C@@H]1CC2O[C@@H]3C=C(C)C(=O)C[C@]3(C)[C@]1(C)[C@]21CO1. The Morgan fingerprint density at radius 1 is 1.42 bits per heavy atom. The highest BCUT2D eigenvalue weighted by molar-refractivity contribution is 5.96. The third kappa shape index (κ3) is 1.72. The Labute approximate surface area is 142 Å². The van der Waals surface area contributed by atoms with Gasteiger partial charge in [-0.3, -0.25) is 4.79 Å². The fourth-order valence-electron chi connectivity index (χ4n) is 5.21. The molecule has 4 rings (SSSR count). The molecule has 4 aliphatic rings. The fourth-order valence-corrected chi connectivity index (χ4v) is 5.21. The van der Waals surface area contributed by atoms with E-state index in [-0.39, 0.29) is 30.1 Å². The zero-order chi connectivity index (χ0) is 17.3. The minimum atomic E-state index is -0.450. The van der Waals surface area contributed by atoms with Crippen LogP contribution in [0.4, 0.5) is 0 Å². The maximum atomic E-state index is 12.5. The first-order chi connectivity index (χ1) is 11.3. The number of ether oxygens (including phenoxy) is 3. The van der Waals surface area contributed by atoms with Crippen LogP contribution in [0.2, 0.25) is 0 Å². The molecule has 0 radical (unpaired) electrons. The highest BCUT2D eigenvalue weighted by atomic mass is 16.6. The fraction of sp³-hybridized carbons (Fsp3) is 0.684. The molecule has 5 nitrogen and oxygen atoms in total. The van der Waals surface area contributed by atoms with Gasteiger partial charge in [0, 0.05) is 29.7 Å². The largest absolute Gasteiger partial charge is 0.458 e. The lowest BCUT2D eigenvalue weighted by atomic mass is 9.52. The Bertz CT molecular complexity index is 673. The molecule has 2 aliphatic heterocycles. The lowest BCUT2D eigenvalue weighted by Gasteiger charge is -2.56. The Morgan fingerprint density at radius 2 is 2.12 bits per heavy atom. The van der Waals surface area contributed by atoms with Crippen LogP contribution in [-0.2, 0) is 23.8 Å². The monoisotopic (exact) mass is 332 g/mol. The zero-order valence-corrected chi connectivity index (χ0v) is 14.6. The number of hydrogen-bond donors (Lipinski definition) is 0. The number of carbonyl (C=O) groups is 2. The summed E-state index contributed by atoms with van der Waals surface area (Å²) in [4.78, 5) is 24.5. The van der Waals surface area contributed by atoms with Gasteiger partial charge in [-0.05, 0) is 25.5 Å². The minimum absolute atomic E-state index is 0.0961. The highest BCUT2D eigenvalue weighted by Gasteiger charge is 2.82. The van der Waals surface area contributed by atoms with Crippen molar-refractivity contribution in [3.63, 3.8) is 0 Å². The van der Waals surface area contributed by atoms with Crippen LogP contribution in [0.15, 0.2) is 23.8 Å². The van der Waals surface area contributed by atoms with E-state index in [1.165, 1.54) is 6.08 Å². The quantitative estimate of drug-likeness (QED) is 0.441. The van der Waals surface area contributed by atoms with Gasteiger partial charge in [-0.1, -0.05) is 19.9 Å². The van der Waals surface area contributed by atoms with E-state index in [0.717, 1.165) is 5.57 Å². The number of hydrogen-bond acceptors (Lipinski definition) is 5. The average Bonchev–Trinajstić information content (AvgIpc) is 3.27. The maximum absolute atomic E-state index is 12.5. The van der Waals surface area contributed by atoms with Gasteiger partial charge < -0.3 is 14.2 Å². The number of allylic oxidation sites excluding steroid dienone is 2. The third-order valence-corrected chi connectivity index (χ3v) is 6.98. The van der Waals surface area contributed by atoms with Crippen LogP contribution in [0, 0.1) is 10.8 Å². The lowest BCUT2D eigenvalue weighted by molar-refractivity contribution is -0.208. The summed E-state index contributed by atoms with van der Waals surface area (Å²) in [5.41, 5.74) is -0.569. The molecule has 2 saturated heterocycles. The van der Waals surface area contributed by atoms with E-state index in [1.54, 1.807) is 13.0 Å². The number of esters is 1. The van der Waals surface area contributed by atoms with Crippen LogP contribution < -0.4 is 0 Å². The van der Waals surface area contributed by atoms with Crippen LogP contribution in [0.25, 0.3) is 0 Å². The summed E-state index contributed by atoms with van der Waals surface area (Å²) >= 11 is 0. The summed E-state index contributed by atoms with van der Waals surface area (Å²) in [7, 11) is 0. The highest BCUT2D eigenvalue weighted by Crippen LogP contribution is 2.71. The van der Waals surface area contributed by atoms with E-state index in [1.807, 2.05) is 13.0 Å². The van der Waals surface area contributed by atoms with Crippen molar-refractivity contribution in [2.24, 2.45) is 10.8 Å². The second kappa shape index (κ2) is 4.79. The average molecular weight is 332 g/mol. The molecule has 6 atom stereocenters. The molecule has 1 unspecified atom stereocenters. The number of ketones is 1. The van der Waals surface area contributed by atoms with E-state index in [2.05, 4.69) is 13.8 Å². The van der Waals surface area contributed by atoms with E-state index in [9.17, 15) is 9.59 Å². The van der Waals surface area contributed by atoms with Gasteiger partial charge >= 0.3 is 5.97 Å². The van der Waals surface area contributed by atoms with Gasteiger partial charge in [0.2, 0.25) is 0 Å². The standard InChI is InChI=1S/C19H24O5/c1-5-6-16(21)24-14-8-15-19(10-22-19)18(14,4)17(3)9-12(20)11(2)7-13(17)23-15/h5-7,13-15H,8-10H2,1-4H3/b6-5-/t13-,14-,15?,17+,18-,19+/m1/s1. The molecule has 0 amide bonds. The van der Waals surface area contributed by atoms with Crippen molar-refractivity contribution in [2.75, 3.05) is 6.61 Å². The number of epoxide rings is 1. The maximum Gasteiger partial charge on any atom is 0.330 e. The van der Waals surface area contributed by atoms with E-state index in [0.29, 0.717) is 19.4 Å². The van der Waals surface area contributed by atoms with E-state index < -0.39 is 16.4 Å². The first-order valence-corrected chi connectivity index (χ1v) is 8.63. The van der Waals surface area contributed by atoms with Crippen LogP contribution in [-0.4, -0.2) is 42.3 Å². The van der Waals surface area contributed by atoms with E-state index >= 15 is 0 Å². The Kier molecular flexibility index (Phi) is 3.20. The van der Waals surface area contributed by atoms with E-state index in [4.69, 9.17) is 14.2 Å². The molecule has 2 aliphatic carbocycles. The van der Waals surface area contributed by atoms with Crippen molar-refractivity contribution in [2.45, 2.75) is 64.4 Å². The van der Waals surface area contributed by atoms with Crippen LogP contribution >= 0.6 is 0 Å². The van der Waals surface area contributed by atoms with Crippen molar-refractivity contribution >= 4 is 11.8 Å². The van der Waals surface area contributed by atoms with Crippen molar-refractivity contribution in [1.82, 2.24) is 0 Å². The van der Waals surface area contributed by atoms with Crippen LogP contribution in [0.1, 0.15) is 40.5 Å². The summed E-state index contributed by atoms with van der Waals surface area (Å²) in [6.45, 7) is 8.43. The molecule has 1 saturated carbocycles.